The molecular weight excluding hydrogens is 206 g/mol. The summed E-state index contributed by atoms with van der Waals surface area (Å²) in [6.07, 6.45) is 1.49. The molecule has 0 atom stereocenters. The number of rotatable bonds is 2. The average Bonchev–Trinajstić information content (AvgIpc) is 2.02. The number of carboxylic acids is 1. The number of aromatic nitrogens is 1. The highest BCUT2D eigenvalue weighted by atomic mass is 35.5. The Kier molecular flexibility index (Phi) is 2.96. The van der Waals surface area contributed by atoms with Crippen LogP contribution in [-0.4, -0.2) is 15.6 Å². The Morgan fingerprint density at radius 2 is 2.14 bits per heavy atom. The molecule has 0 amide bonds. The first kappa shape index (κ1) is 10.8. The molecule has 0 aliphatic heterocycles. The Morgan fingerprint density at radius 1 is 1.57 bits per heavy atom. The summed E-state index contributed by atoms with van der Waals surface area (Å²) in [5.74, 6) is -1.30. The van der Waals surface area contributed by atoms with Crippen LogP contribution in [0.25, 0.3) is 0 Å². The van der Waals surface area contributed by atoms with E-state index in [0.717, 1.165) is 0 Å². The zero-order valence-corrected chi connectivity index (χ0v) is 8.58. The van der Waals surface area contributed by atoms with Crippen LogP contribution in [0, 0.1) is 0 Å². The van der Waals surface area contributed by atoms with Crippen LogP contribution in [0.1, 0.15) is 30.2 Å². The third kappa shape index (κ3) is 1.80. The largest absolute Gasteiger partial charge is 0.477 e. The number of pyridine rings is 1. The normalized spacial score (nSPS) is 10.6. The second kappa shape index (κ2) is 3.84. The minimum atomic E-state index is -1.30. The van der Waals surface area contributed by atoms with E-state index >= 15 is 0 Å². The fraction of sp³-hybridized carbons (Fsp3) is 0.333. The number of carboxylic acid groups (broad SMARTS) is 1. The molecule has 4 nitrogen and oxygen atoms in total. The van der Waals surface area contributed by atoms with E-state index in [4.69, 9.17) is 16.7 Å². The highest BCUT2D eigenvalue weighted by molar-refractivity contribution is 6.33. The Hall–Kier alpha value is -1.29. The van der Waals surface area contributed by atoms with Crippen molar-refractivity contribution in [1.82, 2.24) is 4.57 Å². The van der Waals surface area contributed by atoms with Crippen LogP contribution in [-0.2, 0) is 0 Å². The van der Waals surface area contributed by atoms with Crippen LogP contribution >= 0.6 is 11.6 Å². The van der Waals surface area contributed by atoms with Gasteiger partial charge >= 0.3 is 5.97 Å². The van der Waals surface area contributed by atoms with Crippen molar-refractivity contribution in [1.29, 1.82) is 0 Å². The molecule has 0 aromatic carbocycles. The Balaban J connectivity index is 3.50. The lowest BCUT2D eigenvalue weighted by Gasteiger charge is -2.10. The summed E-state index contributed by atoms with van der Waals surface area (Å²) in [6.45, 7) is 3.59. The van der Waals surface area contributed by atoms with Gasteiger partial charge in [-0.1, -0.05) is 11.6 Å². The number of nitrogens with zero attached hydrogens (tertiary/aromatic N) is 1. The third-order valence-electron chi connectivity index (χ3n) is 1.84. The summed E-state index contributed by atoms with van der Waals surface area (Å²) in [5.41, 5.74) is -0.942. The highest BCUT2D eigenvalue weighted by Crippen LogP contribution is 2.12. The molecule has 1 aromatic heterocycles. The predicted octanol–water partition coefficient (Wildman–Crippen LogP) is 1.78. The summed E-state index contributed by atoms with van der Waals surface area (Å²) >= 11 is 5.61. The van der Waals surface area contributed by atoms with E-state index in [9.17, 15) is 9.59 Å². The Bertz CT molecular complexity index is 423. The zero-order valence-electron chi connectivity index (χ0n) is 7.82. The lowest BCUT2D eigenvalue weighted by Crippen LogP contribution is -2.27. The SMILES string of the molecule is CC(C)n1ccc(Cl)c(C(=O)O)c1=O. The zero-order chi connectivity index (χ0) is 10.9. The standard InChI is InChI=1S/C9H10ClNO3/c1-5(2)11-4-3-6(10)7(8(11)12)9(13)14/h3-5H,1-2H3,(H,13,14). The van der Waals surface area contributed by atoms with Crippen LogP contribution in [0.2, 0.25) is 5.02 Å². The van der Waals surface area contributed by atoms with E-state index in [1.165, 1.54) is 16.8 Å². The first-order chi connectivity index (χ1) is 6.45. The minimum absolute atomic E-state index is 0.0283. The van der Waals surface area contributed by atoms with Crippen molar-refractivity contribution in [2.45, 2.75) is 19.9 Å². The highest BCUT2D eigenvalue weighted by Gasteiger charge is 2.16. The van der Waals surface area contributed by atoms with Crippen molar-refractivity contribution in [3.05, 3.63) is 33.2 Å². The van der Waals surface area contributed by atoms with E-state index in [1.54, 1.807) is 13.8 Å². The monoisotopic (exact) mass is 215 g/mol. The van der Waals surface area contributed by atoms with Crippen molar-refractivity contribution >= 4 is 17.6 Å². The molecule has 14 heavy (non-hydrogen) atoms. The third-order valence-corrected chi connectivity index (χ3v) is 2.15. The summed E-state index contributed by atoms with van der Waals surface area (Å²) in [5, 5.41) is 8.73. The van der Waals surface area contributed by atoms with Crippen molar-refractivity contribution in [2.75, 3.05) is 0 Å². The molecule has 1 rings (SSSR count). The lowest BCUT2D eigenvalue weighted by molar-refractivity contribution is 0.0694. The number of hydrogen-bond donors (Lipinski definition) is 1. The maximum Gasteiger partial charge on any atom is 0.342 e. The smallest absolute Gasteiger partial charge is 0.342 e. The molecule has 1 heterocycles. The van der Waals surface area contributed by atoms with E-state index in [2.05, 4.69) is 0 Å². The van der Waals surface area contributed by atoms with Gasteiger partial charge in [-0.2, -0.15) is 0 Å². The van der Waals surface area contributed by atoms with Gasteiger partial charge in [0.05, 0.1) is 5.02 Å². The van der Waals surface area contributed by atoms with Crippen LogP contribution in [0.15, 0.2) is 17.1 Å². The van der Waals surface area contributed by atoms with E-state index in [1.807, 2.05) is 0 Å². The van der Waals surface area contributed by atoms with Gasteiger partial charge in [0.15, 0.2) is 0 Å². The van der Waals surface area contributed by atoms with Gasteiger partial charge < -0.3 is 9.67 Å². The summed E-state index contributed by atoms with van der Waals surface area (Å²) in [7, 11) is 0. The fourth-order valence-electron chi connectivity index (χ4n) is 1.13. The maximum atomic E-state index is 11.6. The first-order valence-corrected chi connectivity index (χ1v) is 4.47. The lowest BCUT2D eigenvalue weighted by atomic mass is 10.2. The van der Waals surface area contributed by atoms with Crippen LogP contribution in [0.4, 0.5) is 0 Å². The molecular formula is C9H10ClNO3. The molecule has 0 aliphatic rings. The van der Waals surface area contributed by atoms with Crippen molar-refractivity contribution in [3.63, 3.8) is 0 Å². The molecule has 0 spiro atoms. The molecule has 0 fully saturated rings. The molecule has 5 heteroatoms. The van der Waals surface area contributed by atoms with Gasteiger partial charge in [0.25, 0.3) is 5.56 Å². The molecule has 0 saturated carbocycles. The summed E-state index contributed by atoms with van der Waals surface area (Å²) < 4.78 is 1.33. The van der Waals surface area contributed by atoms with Gasteiger partial charge in [-0.3, -0.25) is 4.79 Å². The predicted molar refractivity (Wildman–Crippen MR) is 53.1 cm³/mol. The fourth-order valence-corrected chi connectivity index (χ4v) is 1.35. The molecule has 0 unspecified atom stereocenters. The van der Waals surface area contributed by atoms with Gasteiger partial charge in [0, 0.05) is 12.2 Å². The molecule has 0 radical (unpaired) electrons. The topological polar surface area (TPSA) is 59.3 Å². The number of halogens is 1. The number of carbonyl (C=O) groups is 1. The molecule has 76 valence electrons. The molecule has 0 bridgehead atoms. The minimum Gasteiger partial charge on any atom is -0.477 e. The van der Waals surface area contributed by atoms with Gasteiger partial charge in [-0.05, 0) is 19.9 Å². The summed E-state index contributed by atoms with van der Waals surface area (Å²) in [6, 6.07) is 1.32. The maximum absolute atomic E-state index is 11.6. The van der Waals surface area contributed by atoms with Crippen LogP contribution in [0.3, 0.4) is 0 Å². The molecule has 1 N–H and O–H groups in total. The first-order valence-electron chi connectivity index (χ1n) is 4.09. The Morgan fingerprint density at radius 3 is 2.57 bits per heavy atom. The average molecular weight is 216 g/mol. The van der Waals surface area contributed by atoms with Gasteiger partial charge in [0.1, 0.15) is 5.56 Å². The van der Waals surface area contributed by atoms with E-state index < -0.39 is 11.5 Å². The van der Waals surface area contributed by atoms with E-state index in [0.29, 0.717) is 0 Å². The van der Waals surface area contributed by atoms with Crippen LogP contribution < -0.4 is 5.56 Å². The molecule has 0 saturated heterocycles. The summed E-state index contributed by atoms with van der Waals surface area (Å²) in [4.78, 5) is 22.3. The number of aromatic carboxylic acids is 1. The van der Waals surface area contributed by atoms with Gasteiger partial charge in [-0.25, -0.2) is 4.79 Å². The van der Waals surface area contributed by atoms with Crippen molar-refractivity contribution < 1.29 is 9.90 Å². The molecule has 0 aliphatic carbocycles. The van der Waals surface area contributed by atoms with E-state index in [-0.39, 0.29) is 16.6 Å². The number of hydrogen-bond acceptors (Lipinski definition) is 2. The Labute approximate surface area is 85.7 Å². The van der Waals surface area contributed by atoms with Crippen molar-refractivity contribution in [3.8, 4) is 0 Å². The quantitative estimate of drug-likeness (QED) is 0.818. The second-order valence-electron chi connectivity index (χ2n) is 3.15. The molecule has 1 aromatic rings. The van der Waals surface area contributed by atoms with Crippen LogP contribution in [0.5, 0.6) is 0 Å². The second-order valence-corrected chi connectivity index (χ2v) is 3.56. The van der Waals surface area contributed by atoms with Gasteiger partial charge in [0.2, 0.25) is 0 Å². The van der Waals surface area contributed by atoms with Gasteiger partial charge in [-0.15, -0.1) is 0 Å². The van der Waals surface area contributed by atoms with Crippen molar-refractivity contribution in [2.24, 2.45) is 0 Å².